The first-order chi connectivity index (χ1) is 8.99. The number of likely N-dealkylation sites (tertiary alicyclic amines) is 1. The minimum Gasteiger partial charge on any atom is -0.481 e. The summed E-state index contributed by atoms with van der Waals surface area (Å²) in [6, 6.07) is 4.77. The lowest BCUT2D eigenvalue weighted by Crippen LogP contribution is -2.40. The van der Waals surface area contributed by atoms with Gasteiger partial charge >= 0.3 is 5.97 Å². The molecule has 0 aromatic heterocycles. The van der Waals surface area contributed by atoms with Crippen LogP contribution in [0.5, 0.6) is 0 Å². The molecule has 1 aliphatic heterocycles. The fourth-order valence-electron chi connectivity index (χ4n) is 2.19. The van der Waals surface area contributed by atoms with Crippen LogP contribution in [0.25, 0.3) is 0 Å². The number of amides is 1. The van der Waals surface area contributed by atoms with Gasteiger partial charge in [0.1, 0.15) is 0 Å². The summed E-state index contributed by atoms with van der Waals surface area (Å²) in [7, 11) is 0. The van der Waals surface area contributed by atoms with E-state index in [1.54, 1.807) is 23.1 Å². The van der Waals surface area contributed by atoms with Gasteiger partial charge in [0.2, 0.25) is 0 Å². The topological polar surface area (TPSA) is 83.6 Å². The van der Waals surface area contributed by atoms with E-state index < -0.39 is 5.97 Å². The molecule has 1 amide bonds. The molecule has 0 spiro atoms. The number of carboxylic acids is 1. The van der Waals surface area contributed by atoms with Crippen LogP contribution in [0.4, 0.5) is 5.69 Å². The number of piperidine rings is 1. The highest BCUT2D eigenvalue weighted by atomic mass is 35.5. The maximum absolute atomic E-state index is 12.2. The second-order valence-electron chi connectivity index (χ2n) is 4.64. The Bertz CT molecular complexity index is 511. The highest BCUT2D eigenvalue weighted by Gasteiger charge is 2.27. The fourth-order valence-corrected chi connectivity index (χ4v) is 2.31. The fraction of sp³-hybridized carbons (Fsp3) is 0.385. The number of nitrogens with zero attached hydrogens (tertiary/aromatic N) is 1. The third kappa shape index (κ3) is 2.98. The van der Waals surface area contributed by atoms with E-state index in [0.717, 1.165) is 0 Å². The van der Waals surface area contributed by atoms with Gasteiger partial charge in [-0.15, -0.1) is 0 Å². The van der Waals surface area contributed by atoms with Gasteiger partial charge in [-0.1, -0.05) is 11.6 Å². The number of carbonyl (C=O) groups is 2. The Morgan fingerprint density at radius 1 is 1.32 bits per heavy atom. The number of anilines is 1. The van der Waals surface area contributed by atoms with E-state index in [1.807, 2.05) is 0 Å². The molecule has 0 bridgehead atoms. The molecule has 0 radical (unpaired) electrons. The second kappa shape index (κ2) is 5.48. The van der Waals surface area contributed by atoms with E-state index in [1.165, 1.54) is 0 Å². The number of halogens is 1. The standard InChI is InChI=1S/C13H15ClN2O3/c14-10-2-1-9(7-11(10)15)12(17)16-5-3-8(4-6-16)13(18)19/h1-2,7-8H,3-6,15H2,(H,18,19). The van der Waals surface area contributed by atoms with Crippen molar-refractivity contribution in [1.82, 2.24) is 4.90 Å². The number of hydrogen-bond donors (Lipinski definition) is 2. The Hall–Kier alpha value is -1.75. The summed E-state index contributed by atoms with van der Waals surface area (Å²) in [5.74, 6) is -1.27. The molecule has 1 heterocycles. The van der Waals surface area contributed by atoms with Crippen molar-refractivity contribution >= 4 is 29.2 Å². The summed E-state index contributed by atoms with van der Waals surface area (Å²) in [6.07, 6.45) is 0.980. The molecule has 1 aliphatic rings. The van der Waals surface area contributed by atoms with Crippen LogP contribution in [0, 0.1) is 5.92 Å². The van der Waals surface area contributed by atoms with E-state index in [4.69, 9.17) is 22.4 Å². The van der Waals surface area contributed by atoms with Crippen molar-refractivity contribution < 1.29 is 14.7 Å². The van der Waals surface area contributed by atoms with E-state index >= 15 is 0 Å². The third-order valence-electron chi connectivity index (χ3n) is 3.37. The summed E-state index contributed by atoms with van der Waals surface area (Å²) in [4.78, 5) is 24.7. The van der Waals surface area contributed by atoms with Crippen molar-refractivity contribution in [1.29, 1.82) is 0 Å². The highest BCUT2D eigenvalue weighted by Crippen LogP contribution is 2.23. The average Bonchev–Trinajstić information content (AvgIpc) is 2.41. The Labute approximate surface area is 116 Å². The molecule has 0 saturated carbocycles. The summed E-state index contributed by atoms with van der Waals surface area (Å²) < 4.78 is 0. The lowest BCUT2D eigenvalue weighted by molar-refractivity contribution is -0.143. The zero-order chi connectivity index (χ0) is 14.0. The third-order valence-corrected chi connectivity index (χ3v) is 3.72. The Morgan fingerprint density at radius 3 is 2.47 bits per heavy atom. The number of carboxylic acid groups (broad SMARTS) is 1. The lowest BCUT2D eigenvalue weighted by atomic mass is 9.96. The van der Waals surface area contributed by atoms with Crippen molar-refractivity contribution in [3.05, 3.63) is 28.8 Å². The number of benzene rings is 1. The summed E-state index contributed by atoms with van der Waals surface area (Å²) in [5, 5.41) is 9.33. The molecule has 0 unspecified atom stereocenters. The number of rotatable bonds is 2. The van der Waals surface area contributed by atoms with E-state index in [2.05, 4.69) is 0 Å². The SMILES string of the molecule is Nc1cc(C(=O)N2CCC(C(=O)O)CC2)ccc1Cl. The second-order valence-corrected chi connectivity index (χ2v) is 5.05. The van der Waals surface area contributed by atoms with Gasteiger partial charge in [0.05, 0.1) is 16.6 Å². The largest absolute Gasteiger partial charge is 0.481 e. The molecule has 102 valence electrons. The smallest absolute Gasteiger partial charge is 0.306 e. The first kappa shape index (κ1) is 13.7. The molecule has 1 saturated heterocycles. The number of nitrogen functional groups attached to an aromatic ring is 1. The van der Waals surface area contributed by atoms with Crippen LogP contribution in [0.2, 0.25) is 5.02 Å². The quantitative estimate of drug-likeness (QED) is 0.811. The summed E-state index contributed by atoms with van der Waals surface area (Å²) >= 11 is 5.81. The minimum atomic E-state index is -0.789. The van der Waals surface area contributed by atoms with Crippen LogP contribution in [-0.4, -0.2) is 35.0 Å². The predicted molar refractivity (Wildman–Crippen MR) is 72.1 cm³/mol. The molecule has 0 atom stereocenters. The molecule has 2 rings (SSSR count). The Kier molecular flexibility index (Phi) is 3.95. The number of hydrogen-bond acceptors (Lipinski definition) is 3. The zero-order valence-corrected chi connectivity index (χ0v) is 11.1. The molecule has 1 aromatic rings. The monoisotopic (exact) mass is 282 g/mol. The van der Waals surface area contributed by atoms with Crippen LogP contribution in [-0.2, 0) is 4.79 Å². The molecule has 6 heteroatoms. The Morgan fingerprint density at radius 2 is 1.95 bits per heavy atom. The van der Waals surface area contributed by atoms with Crippen molar-refractivity contribution in [3.8, 4) is 0 Å². The van der Waals surface area contributed by atoms with E-state index in [9.17, 15) is 9.59 Å². The van der Waals surface area contributed by atoms with Crippen molar-refractivity contribution in [2.24, 2.45) is 5.92 Å². The van der Waals surface area contributed by atoms with Crippen LogP contribution >= 0.6 is 11.6 Å². The van der Waals surface area contributed by atoms with Gasteiger partial charge in [0.25, 0.3) is 5.91 Å². The summed E-state index contributed by atoms with van der Waals surface area (Å²) in [5.41, 5.74) is 6.52. The molecule has 5 nitrogen and oxygen atoms in total. The highest BCUT2D eigenvalue weighted by molar-refractivity contribution is 6.33. The van der Waals surface area contributed by atoms with Crippen molar-refractivity contribution in [2.75, 3.05) is 18.8 Å². The predicted octanol–water partition coefficient (Wildman–Crippen LogP) is 1.86. The molecule has 1 aromatic carbocycles. The molecule has 3 N–H and O–H groups in total. The first-order valence-corrected chi connectivity index (χ1v) is 6.44. The van der Waals surface area contributed by atoms with Gasteiger partial charge < -0.3 is 15.7 Å². The van der Waals surface area contributed by atoms with Gasteiger partial charge in [-0.3, -0.25) is 9.59 Å². The number of aliphatic carboxylic acids is 1. The van der Waals surface area contributed by atoms with Gasteiger partial charge in [0, 0.05) is 18.7 Å². The minimum absolute atomic E-state index is 0.132. The molecule has 1 fully saturated rings. The lowest BCUT2D eigenvalue weighted by Gasteiger charge is -2.30. The van der Waals surface area contributed by atoms with Gasteiger partial charge in [-0.05, 0) is 31.0 Å². The molecular weight excluding hydrogens is 268 g/mol. The van der Waals surface area contributed by atoms with Crippen LogP contribution in [0.1, 0.15) is 23.2 Å². The molecule has 19 heavy (non-hydrogen) atoms. The Balaban J connectivity index is 2.05. The maximum Gasteiger partial charge on any atom is 0.306 e. The first-order valence-electron chi connectivity index (χ1n) is 6.06. The number of nitrogens with two attached hydrogens (primary N) is 1. The van der Waals surface area contributed by atoms with Crippen molar-refractivity contribution in [2.45, 2.75) is 12.8 Å². The van der Waals surface area contributed by atoms with Crippen LogP contribution in [0.15, 0.2) is 18.2 Å². The number of carbonyl (C=O) groups excluding carboxylic acids is 1. The van der Waals surface area contributed by atoms with Gasteiger partial charge in [-0.2, -0.15) is 0 Å². The maximum atomic E-state index is 12.2. The van der Waals surface area contributed by atoms with Crippen molar-refractivity contribution in [3.63, 3.8) is 0 Å². The molecule has 0 aliphatic carbocycles. The van der Waals surface area contributed by atoms with E-state index in [-0.39, 0.29) is 11.8 Å². The zero-order valence-electron chi connectivity index (χ0n) is 10.3. The average molecular weight is 283 g/mol. The van der Waals surface area contributed by atoms with Gasteiger partial charge in [-0.25, -0.2) is 0 Å². The van der Waals surface area contributed by atoms with Crippen LogP contribution in [0.3, 0.4) is 0 Å². The molecular formula is C13H15ClN2O3. The normalized spacial score (nSPS) is 16.4. The van der Waals surface area contributed by atoms with E-state index in [0.29, 0.717) is 42.2 Å². The van der Waals surface area contributed by atoms with Gasteiger partial charge in [0.15, 0.2) is 0 Å². The summed E-state index contributed by atoms with van der Waals surface area (Å²) in [6.45, 7) is 0.913. The van der Waals surface area contributed by atoms with Crippen LogP contribution < -0.4 is 5.73 Å².